The number of aromatic amines is 1. The van der Waals surface area contributed by atoms with E-state index in [0.29, 0.717) is 6.04 Å². The summed E-state index contributed by atoms with van der Waals surface area (Å²) in [5, 5.41) is 11.7. The molecule has 0 saturated carbocycles. The summed E-state index contributed by atoms with van der Waals surface area (Å²) in [7, 11) is 0. The summed E-state index contributed by atoms with van der Waals surface area (Å²) in [6.07, 6.45) is 4.26. The SMILES string of the molecule is Cc1ccc(-c2[nH]ncc2CN2CCCC2c2cc(C)on2)cc1. The Morgan fingerprint density at radius 2 is 2.08 bits per heavy atom. The van der Waals surface area contributed by atoms with Gasteiger partial charge in [-0.3, -0.25) is 10.00 Å². The van der Waals surface area contributed by atoms with Gasteiger partial charge in [-0.2, -0.15) is 5.10 Å². The molecule has 1 saturated heterocycles. The smallest absolute Gasteiger partial charge is 0.133 e. The fraction of sp³-hybridized carbons (Fsp3) is 0.368. The van der Waals surface area contributed by atoms with Gasteiger partial charge in [-0.1, -0.05) is 35.0 Å². The average Bonchev–Trinajstić information content (AvgIpc) is 3.30. The first kappa shape index (κ1) is 15.1. The third kappa shape index (κ3) is 2.87. The molecule has 1 aliphatic heterocycles. The van der Waals surface area contributed by atoms with Crippen LogP contribution in [0.4, 0.5) is 0 Å². The number of hydrogen-bond donors (Lipinski definition) is 1. The number of H-pyrrole nitrogens is 1. The van der Waals surface area contributed by atoms with Crippen molar-refractivity contribution in [2.75, 3.05) is 6.54 Å². The van der Waals surface area contributed by atoms with Crippen LogP contribution in [0, 0.1) is 13.8 Å². The predicted octanol–water partition coefficient (Wildman–Crippen LogP) is 4.02. The first-order valence-corrected chi connectivity index (χ1v) is 8.47. The van der Waals surface area contributed by atoms with Crippen molar-refractivity contribution < 1.29 is 4.52 Å². The lowest BCUT2D eigenvalue weighted by Crippen LogP contribution is -2.23. The number of nitrogens with one attached hydrogen (secondary N) is 1. The maximum Gasteiger partial charge on any atom is 0.133 e. The molecule has 24 heavy (non-hydrogen) atoms. The van der Waals surface area contributed by atoms with E-state index in [4.69, 9.17) is 4.52 Å². The molecule has 3 heterocycles. The molecule has 1 aliphatic rings. The van der Waals surface area contributed by atoms with Gasteiger partial charge in [0.1, 0.15) is 11.5 Å². The Balaban J connectivity index is 1.57. The highest BCUT2D eigenvalue weighted by atomic mass is 16.5. The first-order chi connectivity index (χ1) is 11.7. The minimum atomic E-state index is 0.336. The lowest BCUT2D eigenvalue weighted by Gasteiger charge is -2.22. The fourth-order valence-corrected chi connectivity index (χ4v) is 3.51. The normalized spacial score (nSPS) is 18.3. The predicted molar refractivity (Wildman–Crippen MR) is 92.4 cm³/mol. The second-order valence-electron chi connectivity index (χ2n) is 6.63. The largest absolute Gasteiger partial charge is 0.361 e. The average molecular weight is 322 g/mol. The number of benzene rings is 1. The van der Waals surface area contributed by atoms with Crippen LogP contribution >= 0.6 is 0 Å². The Morgan fingerprint density at radius 3 is 2.83 bits per heavy atom. The molecule has 1 aromatic carbocycles. The lowest BCUT2D eigenvalue weighted by atomic mass is 10.1. The minimum Gasteiger partial charge on any atom is -0.361 e. The van der Waals surface area contributed by atoms with E-state index in [1.807, 2.05) is 13.1 Å². The van der Waals surface area contributed by atoms with Crippen LogP contribution in [0.5, 0.6) is 0 Å². The highest BCUT2D eigenvalue weighted by molar-refractivity contribution is 5.62. The highest BCUT2D eigenvalue weighted by Crippen LogP contribution is 2.34. The van der Waals surface area contributed by atoms with Crippen molar-refractivity contribution in [1.29, 1.82) is 0 Å². The molecule has 124 valence electrons. The van der Waals surface area contributed by atoms with Gasteiger partial charge in [0, 0.05) is 18.2 Å². The summed E-state index contributed by atoms with van der Waals surface area (Å²) in [5.74, 6) is 0.875. The van der Waals surface area contributed by atoms with Gasteiger partial charge in [0.05, 0.1) is 17.9 Å². The molecule has 1 unspecified atom stereocenters. The zero-order chi connectivity index (χ0) is 16.5. The number of aromatic nitrogens is 3. The molecule has 2 aromatic heterocycles. The van der Waals surface area contributed by atoms with Gasteiger partial charge in [0.15, 0.2) is 0 Å². The molecule has 0 aliphatic carbocycles. The van der Waals surface area contributed by atoms with Crippen molar-refractivity contribution in [3.8, 4) is 11.3 Å². The van der Waals surface area contributed by atoms with E-state index in [9.17, 15) is 0 Å². The van der Waals surface area contributed by atoms with Crippen LogP contribution in [0.25, 0.3) is 11.3 Å². The maximum atomic E-state index is 5.27. The molecule has 1 fully saturated rings. The Morgan fingerprint density at radius 1 is 1.25 bits per heavy atom. The Hall–Kier alpha value is -2.40. The minimum absolute atomic E-state index is 0.336. The van der Waals surface area contributed by atoms with E-state index in [1.54, 1.807) is 0 Å². The van der Waals surface area contributed by atoms with Crippen molar-refractivity contribution in [2.24, 2.45) is 0 Å². The molecule has 3 aromatic rings. The summed E-state index contributed by atoms with van der Waals surface area (Å²) in [6.45, 7) is 6.00. The molecule has 1 N–H and O–H groups in total. The van der Waals surface area contributed by atoms with Gasteiger partial charge in [-0.25, -0.2) is 0 Å². The summed E-state index contributed by atoms with van der Waals surface area (Å²) in [6, 6.07) is 11.0. The van der Waals surface area contributed by atoms with E-state index in [-0.39, 0.29) is 0 Å². The molecule has 1 atom stereocenters. The quantitative estimate of drug-likeness (QED) is 0.788. The first-order valence-electron chi connectivity index (χ1n) is 8.47. The molecule has 5 nitrogen and oxygen atoms in total. The molecular weight excluding hydrogens is 300 g/mol. The monoisotopic (exact) mass is 322 g/mol. The second kappa shape index (κ2) is 6.24. The van der Waals surface area contributed by atoms with E-state index in [1.165, 1.54) is 23.1 Å². The zero-order valence-electron chi connectivity index (χ0n) is 14.1. The van der Waals surface area contributed by atoms with Crippen molar-refractivity contribution in [3.63, 3.8) is 0 Å². The van der Waals surface area contributed by atoms with Crippen LogP contribution in [-0.4, -0.2) is 26.8 Å². The van der Waals surface area contributed by atoms with E-state index < -0.39 is 0 Å². The van der Waals surface area contributed by atoms with Crippen LogP contribution in [0.3, 0.4) is 0 Å². The van der Waals surface area contributed by atoms with Crippen LogP contribution in [-0.2, 0) is 6.54 Å². The highest BCUT2D eigenvalue weighted by Gasteiger charge is 2.29. The van der Waals surface area contributed by atoms with Gasteiger partial charge in [-0.15, -0.1) is 0 Å². The third-order valence-electron chi connectivity index (χ3n) is 4.78. The van der Waals surface area contributed by atoms with Crippen LogP contribution in [0.1, 0.15) is 41.5 Å². The Labute approximate surface area is 141 Å². The van der Waals surface area contributed by atoms with Crippen LogP contribution < -0.4 is 0 Å². The molecule has 0 spiro atoms. The summed E-state index contributed by atoms with van der Waals surface area (Å²) >= 11 is 0. The number of likely N-dealkylation sites (tertiary alicyclic amines) is 1. The van der Waals surface area contributed by atoms with Gasteiger partial charge in [0.2, 0.25) is 0 Å². The standard InChI is InChI=1S/C19H22N4O/c1-13-5-7-15(8-6-13)19-16(11-20-21-19)12-23-9-3-4-18(23)17-10-14(2)24-22-17/h5-8,10-11,18H,3-4,9,12H2,1-2H3,(H,20,21). The number of nitrogens with zero attached hydrogens (tertiary/aromatic N) is 3. The number of aryl methyl sites for hydroxylation is 2. The maximum absolute atomic E-state index is 5.27. The topological polar surface area (TPSA) is 58.0 Å². The molecule has 0 radical (unpaired) electrons. The summed E-state index contributed by atoms with van der Waals surface area (Å²) in [4.78, 5) is 2.47. The van der Waals surface area contributed by atoms with Gasteiger partial charge in [0.25, 0.3) is 0 Å². The Kier molecular flexibility index (Phi) is 3.94. The van der Waals surface area contributed by atoms with Crippen molar-refractivity contribution in [1.82, 2.24) is 20.3 Å². The number of rotatable bonds is 4. The van der Waals surface area contributed by atoms with Gasteiger partial charge in [-0.05, 0) is 38.8 Å². The van der Waals surface area contributed by atoms with Crippen molar-refractivity contribution >= 4 is 0 Å². The van der Waals surface area contributed by atoms with E-state index in [2.05, 4.69) is 57.5 Å². The van der Waals surface area contributed by atoms with Crippen molar-refractivity contribution in [2.45, 2.75) is 39.3 Å². The summed E-state index contributed by atoms with van der Waals surface area (Å²) in [5.41, 5.74) is 5.83. The molecular formula is C19H22N4O. The van der Waals surface area contributed by atoms with Crippen LogP contribution in [0.2, 0.25) is 0 Å². The Bertz CT molecular complexity index is 818. The fourth-order valence-electron chi connectivity index (χ4n) is 3.51. The van der Waals surface area contributed by atoms with Crippen molar-refractivity contribution in [3.05, 3.63) is 59.1 Å². The third-order valence-corrected chi connectivity index (χ3v) is 4.78. The van der Waals surface area contributed by atoms with Gasteiger partial charge < -0.3 is 4.52 Å². The lowest BCUT2D eigenvalue weighted by molar-refractivity contribution is 0.237. The van der Waals surface area contributed by atoms with Gasteiger partial charge >= 0.3 is 0 Å². The second-order valence-corrected chi connectivity index (χ2v) is 6.63. The molecule has 5 heteroatoms. The molecule has 0 amide bonds. The van der Waals surface area contributed by atoms with Crippen LogP contribution in [0.15, 0.2) is 41.1 Å². The van der Waals surface area contributed by atoms with E-state index >= 15 is 0 Å². The molecule has 0 bridgehead atoms. The van der Waals surface area contributed by atoms with E-state index in [0.717, 1.165) is 36.7 Å². The zero-order valence-corrected chi connectivity index (χ0v) is 14.1. The summed E-state index contributed by atoms with van der Waals surface area (Å²) < 4.78 is 5.27. The number of hydrogen-bond acceptors (Lipinski definition) is 4. The molecule has 4 rings (SSSR count).